The number of nitrogens with one attached hydrogen (secondary N) is 2. The van der Waals surface area contributed by atoms with E-state index in [2.05, 4.69) is 10.6 Å². The maximum Gasteiger partial charge on any atom is 0.217 e. The monoisotopic (exact) mass is 1900 g/mol. The van der Waals surface area contributed by atoms with Crippen LogP contribution in [0.2, 0.25) is 0 Å². The fourth-order valence-electron chi connectivity index (χ4n) is 17.4. The van der Waals surface area contributed by atoms with E-state index in [1.807, 2.05) is 0 Å². The lowest BCUT2D eigenvalue weighted by Crippen LogP contribution is -2.71. The van der Waals surface area contributed by atoms with Crippen LogP contribution in [0.1, 0.15) is 40.5 Å². The largest absolute Gasteiger partial charge is 0.396 e. The van der Waals surface area contributed by atoms with Crippen LogP contribution < -0.4 is 10.6 Å². The van der Waals surface area contributed by atoms with Crippen LogP contribution in [0.3, 0.4) is 0 Å². The zero-order valence-corrected chi connectivity index (χ0v) is 70.3. The molecule has 0 aromatic rings. The first-order chi connectivity index (χ1) is 61.8. The van der Waals surface area contributed by atoms with E-state index < -0.39 is 428 Å². The third-order valence-electron chi connectivity index (χ3n) is 24.8. The maximum atomic E-state index is 13.2. The van der Waals surface area contributed by atoms with Crippen LogP contribution in [0.15, 0.2) is 0 Å². The van der Waals surface area contributed by atoms with Gasteiger partial charge in [0.25, 0.3) is 0 Å². The fraction of sp³-hybridized carbons (Fsp3) is 0.947. The minimum absolute atomic E-state index is 0.224. The highest BCUT2D eigenvalue weighted by Crippen LogP contribution is 2.43. The van der Waals surface area contributed by atoms with Crippen LogP contribution in [-0.2, 0) is 119 Å². The number of rotatable bonds is 36. The van der Waals surface area contributed by atoms with Gasteiger partial charge in [-0.25, -0.2) is 0 Å². The molecule has 2 amide bonds. The van der Waals surface area contributed by atoms with Gasteiger partial charge >= 0.3 is 0 Å². The van der Waals surface area contributed by atoms with Crippen LogP contribution in [-0.4, -0.2) is 553 Å². The second-order valence-corrected chi connectivity index (χ2v) is 33.9. The third kappa shape index (κ3) is 23.4. The van der Waals surface area contributed by atoms with Crippen LogP contribution in [0, 0.1) is 17.8 Å². The number of hydrogen-bond acceptors (Lipinski definition) is 53. The normalized spacial score (nSPS) is 49.9. The summed E-state index contributed by atoms with van der Waals surface area (Å²) >= 11 is 0. The first kappa shape index (κ1) is 107. The van der Waals surface area contributed by atoms with Crippen molar-refractivity contribution in [3.63, 3.8) is 0 Å². The van der Waals surface area contributed by atoms with Gasteiger partial charge in [-0.05, 0) is 5.92 Å². The molecule has 0 aromatic heterocycles. The smallest absolute Gasteiger partial charge is 0.217 e. The molecule has 30 N–H and O–H groups in total. The molecule has 0 aliphatic carbocycles. The van der Waals surface area contributed by atoms with Crippen LogP contribution in [0.5, 0.6) is 0 Å². The molecule has 0 spiro atoms. The molecule has 0 bridgehead atoms. The highest BCUT2D eigenvalue weighted by atomic mass is 16.8. The molecule has 0 radical (unpaired) electrons. The molecule has 0 saturated carbocycles. The topological polar surface area (TPSA) is 853 Å². The fourth-order valence-corrected chi connectivity index (χ4v) is 17.4. The Morgan fingerprint density at radius 1 is 0.285 bits per heavy atom. The van der Waals surface area contributed by atoms with Gasteiger partial charge in [0, 0.05) is 26.7 Å². The van der Waals surface area contributed by atoms with E-state index in [0.29, 0.717) is 0 Å². The summed E-state index contributed by atoms with van der Waals surface area (Å²) in [6.07, 6.45) is -102. The first-order valence-electron chi connectivity index (χ1n) is 42.3. The molecule has 22 unspecified atom stereocenters. The van der Waals surface area contributed by atoms with E-state index in [4.69, 9.17) is 99.5 Å². The molecule has 11 aliphatic rings. The van der Waals surface area contributed by atoms with Gasteiger partial charge in [0.05, 0.1) is 121 Å². The lowest BCUT2D eigenvalue weighted by molar-refractivity contribution is -0.407. The number of hydrogen-bond donors (Lipinski definition) is 30. The summed E-state index contributed by atoms with van der Waals surface area (Å²) in [6.45, 7) is -6.76. The van der Waals surface area contributed by atoms with Gasteiger partial charge in [0.1, 0.15) is 226 Å². The second kappa shape index (κ2) is 47.3. The number of carbonyl (C=O) groups is 4. The van der Waals surface area contributed by atoms with Crippen molar-refractivity contribution < 1.29 is 262 Å². The second-order valence-electron chi connectivity index (χ2n) is 33.9. The van der Waals surface area contributed by atoms with E-state index in [1.54, 1.807) is 13.8 Å². The Bertz CT molecular complexity index is 3480. The van der Waals surface area contributed by atoms with E-state index >= 15 is 0 Å². The molecule has 55 nitrogen and oxygen atoms in total. The molecule has 55 heteroatoms. The summed E-state index contributed by atoms with van der Waals surface area (Å²) in [5, 5.41) is 322. The molecule has 0 aromatic carbocycles. The van der Waals surface area contributed by atoms with Gasteiger partial charge in [-0.2, -0.15) is 0 Å². The van der Waals surface area contributed by atoms with Crippen LogP contribution in [0.4, 0.5) is 0 Å². The first-order valence-corrected chi connectivity index (χ1v) is 42.3. The SMILES string of the molecule is CC(=O)NC1[C@@H](O)C(O[C@@H]2OC(CO)[C@@H](O[C@@H]3OC(CO[C@@H]4OC(CO[C@H]5OC(C=O)CC(O)[C@H]5O[C@H]5OC(C=O)C[C@H](O)C5O)[C@@H](O)C(O[C@H]5O[C@@H](CO)[C@@H](O)[C@H](O)C5O[C@H]5O[C@@H](CO)[C@@H](O)C(O)C5CO)[C@H]4O)[C@@H](O)[C@H](O[C@H]4O[C@@H](CO)[C@@H](O)C(O)C4O[C@H]4O[C@@H](CO)[C@@H](O)C(O)C4O[C@H]4O[C@@H](CO)[C@H](O)C(O)C4CO)C3O)C(O)[C@@H]2NC(C)=O)C(CO)O[C@H]1C(C)C. The van der Waals surface area contributed by atoms with E-state index in [-0.39, 0.29) is 12.6 Å². The quantitative estimate of drug-likeness (QED) is 0.0259. The standard InChI is InChI=1S/C75H124N2O53/c1-20(2)57-38(76-21(3)89)50(103)59(34(16-87)114-57)124-68-39(77-22(4)90)51(104)60(35(17-88)120-68)125-71-56(109)62(127-74-65(54(107)47(100)32(14-85)118-74)130-75-64(53(106)46(99)33(15-86)119-75)129-67-26(10-81)41(94)44(97)30(12-83)116-67)49(102)37(122-71)18-110-69-55(108)61(126-73-63(52(105)45(98)31(13-84)117-73)128-66-25(9-80)40(93)43(96)29(11-82)115-66)48(101)36(121-69)19-111-72-58(28(92)6-24(8-79)113-72)123-70-42(95)27(91)5-23(7-78)112-70/h7-8,20,23-75,80-88,91-109H,5-6,9-19H2,1-4H3,(H,76,89)(H,77,90)/t23?,24?,25?,26?,27-,28?,29-,30-,31-,32-,33-,34?,35?,36?,37?,38?,39-,40?,41?,42?,43+,44-,45+,46+,47+,48+,49+,50+,51?,52-,53?,54?,55+,56?,57-,58+,59?,60+,61?,62-,63?,64?,65?,66+,67+,68-,69+,70+,71-,72-,73+,74+,75+/m0/s1. The van der Waals surface area contributed by atoms with Crippen molar-refractivity contribution in [2.24, 2.45) is 17.8 Å². The molecule has 11 rings (SSSR count). The Balaban J connectivity index is 0.965. The number of aliphatic hydroxyl groups is 28. The Kier molecular flexibility index (Phi) is 38.9. The molecule has 53 atom stereocenters. The number of aldehydes is 2. The van der Waals surface area contributed by atoms with Crippen molar-refractivity contribution in [2.75, 3.05) is 72.7 Å². The molecular weight excluding hydrogens is 1780 g/mol. The molecule has 130 heavy (non-hydrogen) atoms. The van der Waals surface area contributed by atoms with E-state index in [9.17, 15) is 162 Å². The zero-order valence-electron chi connectivity index (χ0n) is 70.3. The lowest BCUT2D eigenvalue weighted by Gasteiger charge is -2.51. The van der Waals surface area contributed by atoms with Gasteiger partial charge in [0.15, 0.2) is 62.9 Å². The summed E-state index contributed by atoms with van der Waals surface area (Å²) in [5.41, 5.74) is 0. The number of ether oxygens (including phenoxy) is 21. The molecule has 11 heterocycles. The van der Waals surface area contributed by atoms with Crippen molar-refractivity contribution >= 4 is 24.4 Å². The summed E-state index contributed by atoms with van der Waals surface area (Å²) < 4.78 is 127. The van der Waals surface area contributed by atoms with Crippen molar-refractivity contribution in [3.05, 3.63) is 0 Å². The zero-order chi connectivity index (χ0) is 95.2. The molecular formula is C75H124N2O53. The van der Waals surface area contributed by atoms with Gasteiger partial charge in [0.2, 0.25) is 11.8 Å². The Labute approximate surface area is 738 Å². The highest BCUT2D eigenvalue weighted by Gasteiger charge is 2.62. The van der Waals surface area contributed by atoms with Crippen LogP contribution in [0.25, 0.3) is 0 Å². The number of carbonyl (C=O) groups excluding carboxylic acids is 4. The van der Waals surface area contributed by atoms with Gasteiger partial charge < -0.3 is 263 Å². The van der Waals surface area contributed by atoms with Crippen molar-refractivity contribution in [2.45, 2.75) is 354 Å². The summed E-state index contributed by atoms with van der Waals surface area (Å²) in [6, 6.07) is -3.19. The van der Waals surface area contributed by atoms with Crippen molar-refractivity contribution in [3.8, 4) is 0 Å². The Morgan fingerprint density at radius 2 is 0.592 bits per heavy atom. The maximum absolute atomic E-state index is 13.2. The van der Waals surface area contributed by atoms with Gasteiger partial charge in [-0.1, -0.05) is 13.8 Å². The Morgan fingerprint density at radius 3 is 1.00 bits per heavy atom. The van der Waals surface area contributed by atoms with Crippen molar-refractivity contribution in [1.29, 1.82) is 0 Å². The molecule has 11 aliphatic heterocycles. The summed E-state index contributed by atoms with van der Waals surface area (Å²) in [7, 11) is 0. The van der Waals surface area contributed by atoms with E-state index in [0.717, 1.165) is 13.8 Å². The average Bonchev–Trinajstić information content (AvgIpc) is 0.767. The van der Waals surface area contributed by atoms with Crippen LogP contribution >= 0.6 is 0 Å². The molecule has 752 valence electrons. The van der Waals surface area contributed by atoms with Crippen molar-refractivity contribution in [1.82, 2.24) is 10.6 Å². The van der Waals surface area contributed by atoms with Gasteiger partial charge in [-0.3, -0.25) is 9.59 Å². The van der Waals surface area contributed by atoms with E-state index in [1.165, 1.54) is 0 Å². The summed E-state index contributed by atoms with van der Waals surface area (Å²) in [4.78, 5) is 50.1. The summed E-state index contributed by atoms with van der Waals surface area (Å²) in [5.74, 6) is -5.34. The minimum Gasteiger partial charge on any atom is -0.396 e. The lowest BCUT2D eigenvalue weighted by atomic mass is 9.87. The molecule has 11 saturated heterocycles. The number of aliphatic hydroxyl groups excluding tert-OH is 28. The Hall–Kier alpha value is -3.68. The highest BCUT2D eigenvalue weighted by molar-refractivity contribution is 5.73. The van der Waals surface area contributed by atoms with Gasteiger partial charge in [-0.15, -0.1) is 0 Å². The predicted octanol–water partition coefficient (Wildman–Crippen LogP) is -20.0. The molecule has 11 fully saturated rings. The third-order valence-corrected chi connectivity index (χ3v) is 24.8. The average molecular weight is 1900 g/mol. The predicted molar refractivity (Wildman–Crippen MR) is 402 cm³/mol. The number of amides is 2. The minimum atomic E-state index is -2.65.